The molecule has 8 heteroatoms. The number of nitrogens with zero attached hydrogens (tertiary/aromatic N) is 1. The van der Waals surface area contributed by atoms with Gasteiger partial charge in [0, 0.05) is 24.5 Å². The Labute approximate surface area is 174 Å². The van der Waals surface area contributed by atoms with Gasteiger partial charge in [0.2, 0.25) is 5.91 Å². The molecule has 1 saturated heterocycles. The molecule has 1 aromatic carbocycles. The molecule has 0 radical (unpaired) electrons. The van der Waals surface area contributed by atoms with Crippen LogP contribution < -0.4 is 10.6 Å². The summed E-state index contributed by atoms with van der Waals surface area (Å²) in [6.45, 7) is 0.254. The van der Waals surface area contributed by atoms with Crippen molar-refractivity contribution in [3.8, 4) is 0 Å². The normalized spacial score (nSPS) is 21.1. The number of halogens is 1. The Hall–Kier alpha value is -2.84. The number of carbonyl (C=O) groups excluding carboxylic acids is 2. The van der Waals surface area contributed by atoms with Crippen LogP contribution in [0.25, 0.3) is 0 Å². The van der Waals surface area contributed by atoms with Gasteiger partial charge in [0.25, 0.3) is 5.91 Å². The molecule has 1 aliphatic heterocycles. The van der Waals surface area contributed by atoms with Crippen LogP contribution in [0.2, 0.25) is 0 Å². The second-order valence-electron chi connectivity index (χ2n) is 7.30. The van der Waals surface area contributed by atoms with Gasteiger partial charge in [0.1, 0.15) is 11.9 Å². The lowest BCUT2D eigenvalue weighted by Crippen LogP contribution is -2.51. The summed E-state index contributed by atoms with van der Waals surface area (Å²) in [7, 11) is 0. The Balaban J connectivity index is 1.43. The molecule has 0 spiro atoms. The molecule has 2 amide bonds. The Morgan fingerprint density at radius 3 is 2.57 bits per heavy atom. The number of aliphatic hydroxyl groups excluding tert-OH is 1. The van der Waals surface area contributed by atoms with Crippen molar-refractivity contribution in [2.45, 2.75) is 43.9 Å². The molecule has 0 unspecified atom stereocenters. The highest BCUT2D eigenvalue weighted by Gasteiger charge is 2.33. The molecule has 160 valence electrons. The monoisotopic (exact) mass is 415 g/mol. The van der Waals surface area contributed by atoms with Crippen molar-refractivity contribution in [3.63, 3.8) is 0 Å². The Morgan fingerprint density at radius 1 is 1.13 bits per heavy atom. The van der Waals surface area contributed by atoms with E-state index in [1.165, 1.54) is 24.3 Å². The maximum absolute atomic E-state index is 13.0. The summed E-state index contributed by atoms with van der Waals surface area (Å²) < 4.78 is 18.9. The van der Waals surface area contributed by atoms with E-state index in [1.54, 1.807) is 12.4 Å². The molecule has 1 fully saturated rings. The molecule has 30 heavy (non-hydrogen) atoms. The first kappa shape index (κ1) is 21.9. The minimum atomic E-state index is -0.599. The van der Waals surface area contributed by atoms with Crippen LogP contribution in [0.4, 0.5) is 4.39 Å². The molecule has 3 N–H and O–H groups in total. The van der Waals surface area contributed by atoms with Gasteiger partial charge in [-0.2, -0.15) is 0 Å². The van der Waals surface area contributed by atoms with Crippen LogP contribution in [-0.4, -0.2) is 53.3 Å². The van der Waals surface area contributed by atoms with Crippen LogP contribution in [0.15, 0.2) is 48.8 Å². The molecule has 1 aromatic heterocycles. The quantitative estimate of drug-likeness (QED) is 0.608. The largest absolute Gasteiger partial charge is 0.394 e. The van der Waals surface area contributed by atoms with Crippen LogP contribution in [0.5, 0.6) is 0 Å². The van der Waals surface area contributed by atoms with E-state index in [1.807, 2.05) is 12.1 Å². The lowest BCUT2D eigenvalue weighted by Gasteiger charge is -2.36. The zero-order chi connectivity index (χ0) is 21.3. The number of aromatic nitrogens is 1. The van der Waals surface area contributed by atoms with Crippen molar-refractivity contribution in [2.75, 3.05) is 13.2 Å². The molecule has 0 aliphatic carbocycles. The van der Waals surface area contributed by atoms with E-state index >= 15 is 0 Å². The second-order valence-corrected chi connectivity index (χ2v) is 7.30. The fourth-order valence-corrected chi connectivity index (χ4v) is 3.47. The molecular formula is C22H26FN3O4. The van der Waals surface area contributed by atoms with Gasteiger partial charge < -0.3 is 20.5 Å². The summed E-state index contributed by atoms with van der Waals surface area (Å²) in [5, 5.41) is 15.4. The fourth-order valence-electron chi connectivity index (χ4n) is 3.47. The number of carbonyl (C=O) groups is 2. The van der Waals surface area contributed by atoms with Crippen molar-refractivity contribution < 1.29 is 23.8 Å². The number of amides is 2. The van der Waals surface area contributed by atoms with Gasteiger partial charge >= 0.3 is 0 Å². The van der Waals surface area contributed by atoms with E-state index in [-0.39, 0.29) is 37.0 Å². The lowest BCUT2D eigenvalue weighted by molar-refractivity contribution is -0.130. The topological polar surface area (TPSA) is 101 Å². The lowest BCUT2D eigenvalue weighted by atomic mass is 9.96. The minimum absolute atomic E-state index is 0.112. The number of hydrogen-bond donors (Lipinski definition) is 3. The first-order valence-electron chi connectivity index (χ1n) is 10.0. The molecule has 0 bridgehead atoms. The van der Waals surface area contributed by atoms with Crippen molar-refractivity contribution in [2.24, 2.45) is 0 Å². The average Bonchev–Trinajstić information content (AvgIpc) is 2.76. The number of rotatable bonds is 8. The predicted octanol–water partition coefficient (Wildman–Crippen LogP) is 1.61. The molecule has 3 atom stereocenters. The molecule has 0 saturated carbocycles. The van der Waals surface area contributed by atoms with E-state index in [0.717, 1.165) is 12.0 Å². The number of hydrogen-bond acceptors (Lipinski definition) is 5. The van der Waals surface area contributed by atoms with Crippen molar-refractivity contribution in [3.05, 3.63) is 65.7 Å². The van der Waals surface area contributed by atoms with Crippen molar-refractivity contribution >= 4 is 11.8 Å². The van der Waals surface area contributed by atoms with Gasteiger partial charge in [-0.05, 0) is 61.2 Å². The van der Waals surface area contributed by atoms with Gasteiger partial charge in [-0.25, -0.2) is 4.39 Å². The average molecular weight is 415 g/mol. The summed E-state index contributed by atoms with van der Waals surface area (Å²) in [5.41, 5.74) is 1.43. The van der Waals surface area contributed by atoms with Crippen LogP contribution in [0, 0.1) is 5.82 Å². The molecular weight excluding hydrogens is 389 g/mol. The van der Waals surface area contributed by atoms with Gasteiger partial charge in [-0.1, -0.05) is 0 Å². The maximum atomic E-state index is 13.0. The van der Waals surface area contributed by atoms with E-state index in [2.05, 4.69) is 15.6 Å². The SMILES string of the molecule is O=C(C[C@@H]1CC[C@H](NC(=O)c2ccc(F)cc2)[C@H](CO)O1)NCCc1ccncc1. The van der Waals surface area contributed by atoms with E-state index in [4.69, 9.17) is 4.74 Å². The molecule has 7 nitrogen and oxygen atoms in total. The summed E-state index contributed by atoms with van der Waals surface area (Å²) in [4.78, 5) is 28.5. The number of aliphatic hydroxyl groups is 1. The number of pyridine rings is 1. The first-order chi connectivity index (χ1) is 14.5. The number of nitrogens with one attached hydrogen (secondary N) is 2. The van der Waals surface area contributed by atoms with Gasteiger partial charge in [0.05, 0.1) is 25.2 Å². The van der Waals surface area contributed by atoms with Crippen LogP contribution in [0.3, 0.4) is 0 Å². The zero-order valence-corrected chi connectivity index (χ0v) is 16.6. The summed E-state index contributed by atoms with van der Waals surface area (Å²) in [5.74, 6) is -0.878. The second kappa shape index (κ2) is 10.8. The molecule has 2 heterocycles. The molecule has 2 aromatic rings. The summed E-state index contributed by atoms with van der Waals surface area (Å²) >= 11 is 0. The highest BCUT2D eigenvalue weighted by Crippen LogP contribution is 2.22. The van der Waals surface area contributed by atoms with E-state index in [0.29, 0.717) is 24.9 Å². The maximum Gasteiger partial charge on any atom is 0.251 e. The smallest absolute Gasteiger partial charge is 0.251 e. The first-order valence-corrected chi connectivity index (χ1v) is 10.0. The van der Waals surface area contributed by atoms with E-state index < -0.39 is 11.9 Å². The van der Waals surface area contributed by atoms with Gasteiger partial charge in [-0.15, -0.1) is 0 Å². The Kier molecular flexibility index (Phi) is 7.87. The Bertz CT molecular complexity index is 832. The third-order valence-electron chi connectivity index (χ3n) is 5.12. The standard InChI is InChI=1S/C22H26FN3O4/c23-17-3-1-16(2-4-17)22(29)26-19-6-5-18(30-20(19)14-27)13-21(28)25-12-9-15-7-10-24-11-8-15/h1-4,7-8,10-11,18-20,27H,5-6,9,12-14H2,(H,25,28)(H,26,29)/t18-,19-,20-/m0/s1. The van der Waals surface area contributed by atoms with Gasteiger partial charge in [-0.3, -0.25) is 14.6 Å². The molecule has 3 rings (SSSR count). The van der Waals surface area contributed by atoms with Crippen LogP contribution >= 0.6 is 0 Å². The van der Waals surface area contributed by atoms with Crippen LogP contribution in [-0.2, 0) is 16.0 Å². The third-order valence-corrected chi connectivity index (χ3v) is 5.12. The highest BCUT2D eigenvalue weighted by molar-refractivity contribution is 5.94. The molecule has 1 aliphatic rings. The van der Waals surface area contributed by atoms with E-state index in [9.17, 15) is 19.1 Å². The summed E-state index contributed by atoms with van der Waals surface area (Å²) in [6.07, 6.45) is 4.60. The van der Waals surface area contributed by atoms with Crippen LogP contribution in [0.1, 0.15) is 35.2 Å². The zero-order valence-electron chi connectivity index (χ0n) is 16.6. The Morgan fingerprint density at radius 2 is 1.87 bits per heavy atom. The number of benzene rings is 1. The fraction of sp³-hybridized carbons (Fsp3) is 0.409. The number of ether oxygens (including phenoxy) is 1. The third kappa shape index (κ3) is 6.33. The van der Waals surface area contributed by atoms with Gasteiger partial charge in [0.15, 0.2) is 0 Å². The predicted molar refractivity (Wildman–Crippen MR) is 108 cm³/mol. The minimum Gasteiger partial charge on any atom is -0.394 e. The van der Waals surface area contributed by atoms with Crippen molar-refractivity contribution in [1.29, 1.82) is 0 Å². The highest BCUT2D eigenvalue weighted by atomic mass is 19.1. The summed E-state index contributed by atoms with van der Waals surface area (Å²) in [6, 6.07) is 8.69. The van der Waals surface area contributed by atoms with Crippen molar-refractivity contribution in [1.82, 2.24) is 15.6 Å².